The highest BCUT2D eigenvalue weighted by Crippen LogP contribution is 2.29. The van der Waals surface area contributed by atoms with Gasteiger partial charge >= 0.3 is 18.0 Å². The van der Waals surface area contributed by atoms with E-state index in [1.165, 1.54) is 0 Å². The maximum absolute atomic E-state index is 12.5. The topological polar surface area (TPSA) is 58.2 Å². The molecule has 2 N–H and O–H groups in total. The summed E-state index contributed by atoms with van der Waals surface area (Å²) in [4.78, 5) is 23.8. The standard InChI is InChI=1S/C17H15F3N2O2/c1-2-11-5-3-4-6-14(11)22-16(24)15(23)21-13-9-7-12(8-10-13)17(18,19)20/h3-10H,2H2,1H3,(H,21,23)(H,22,24). The number of nitrogens with one attached hydrogen (secondary N) is 2. The molecular formula is C17H15F3N2O2. The van der Waals surface area contributed by atoms with E-state index in [-0.39, 0.29) is 5.69 Å². The molecule has 0 saturated carbocycles. The molecule has 0 radical (unpaired) electrons. The summed E-state index contributed by atoms with van der Waals surface area (Å²) in [6.45, 7) is 1.91. The third-order valence-electron chi connectivity index (χ3n) is 3.32. The Morgan fingerprint density at radius 1 is 0.917 bits per heavy atom. The molecule has 0 saturated heterocycles. The number of hydrogen-bond donors (Lipinski definition) is 2. The van der Waals surface area contributed by atoms with Gasteiger partial charge in [-0.2, -0.15) is 13.2 Å². The maximum atomic E-state index is 12.5. The van der Waals surface area contributed by atoms with Crippen molar-refractivity contribution in [2.75, 3.05) is 10.6 Å². The van der Waals surface area contributed by atoms with E-state index in [4.69, 9.17) is 0 Å². The van der Waals surface area contributed by atoms with Gasteiger partial charge in [0.15, 0.2) is 0 Å². The van der Waals surface area contributed by atoms with E-state index in [2.05, 4.69) is 10.6 Å². The summed E-state index contributed by atoms with van der Waals surface area (Å²) in [5, 5.41) is 4.75. The highest BCUT2D eigenvalue weighted by atomic mass is 19.4. The molecule has 7 heteroatoms. The Morgan fingerprint density at radius 2 is 1.50 bits per heavy atom. The first-order chi connectivity index (χ1) is 11.3. The Balaban J connectivity index is 2.03. The summed E-state index contributed by atoms with van der Waals surface area (Å²) in [5.41, 5.74) is 0.662. The average Bonchev–Trinajstić information content (AvgIpc) is 2.55. The first kappa shape index (κ1) is 17.5. The van der Waals surface area contributed by atoms with Crippen molar-refractivity contribution in [2.24, 2.45) is 0 Å². The smallest absolute Gasteiger partial charge is 0.318 e. The number of hydrogen-bond acceptors (Lipinski definition) is 2. The number of rotatable bonds is 3. The average molecular weight is 336 g/mol. The van der Waals surface area contributed by atoms with Crippen LogP contribution in [0.2, 0.25) is 0 Å². The highest BCUT2D eigenvalue weighted by molar-refractivity contribution is 6.43. The third-order valence-corrected chi connectivity index (χ3v) is 3.32. The van der Waals surface area contributed by atoms with E-state index in [9.17, 15) is 22.8 Å². The molecule has 0 atom stereocenters. The van der Waals surface area contributed by atoms with Crippen molar-refractivity contribution in [3.8, 4) is 0 Å². The fourth-order valence-electron chi connectivity index (χ4n) is 2.06. The minimum Gasteiger partial charge on any atom is -0.318 e. The van der Waals surface area contributed by atoms with E-state index in [1.807, 2.05) is 19.1 Å². The minimum absolute atomic E-state index is 0.104. The van der Waals surface area contributed by atoms with Crippen molar-refractivity contribution in [1.82, 2.24) is 0 Å². The molecule has 0 fully saturated rings. The summed E-state index contributed by atoms with van der Waals surface area (Å²) in [5.74, 6) is -1.85. The van der Waals surface area contributed by atoms with Gasteiger partial charge in [0.1, 0.15) is 0 Å². The van der Waals surface area contributed by atoms with E-state index in [0.717, 1.165) is 29.8 Å². The molecule has 2 rings (SSSR count). The van der Waals surface area contributed by atoms with Crippen molar-refractivity contribution in [2.45, 2.75) is 19.5 Å². The van der Waals surface area contributed by atoms with Crippen molar-refractivity contribution in [3.05, 3.63) is 59.7 Å². The van der Waals surface area contributed by atoms with E-state index in [0.29, 0.717) is 12.1 Å². The molecule has 0 heterocycles. The van der Waals surface area contributed by atoms with Crippen LogP contribution in [0.5, 0.6) is 0 Å². The molecule has 0 aromatic heterocycles. The second kappa shape index (κ2) is 7.16. The molecule has 24 heavy (non-hydrogen) atoms. The van der Waals surface area contributed by atoms with Crippen molar-refractivity contribution in [3.63, 3.8) is 0 Å². The quantitative estimate of drug-likeness (QED) is 0.837. The Labute approximate surface area is 136 Å². The largest absolute Gasteiger partial charge is 0.416 e. The van der Waals surface area contributed by atoms with Crippen LogP contribution in [0.15, 0.2) is 48.5 Å². The van der Waals surface area contributed by atoms with Gasteiger partial charge in [-0.1, -0.05) is 25.1 Å². The number of anilines is 2. The number of carbonyl (C=O) groups is 2. The predicted octanol–water partition coefficient (Wildman–Crippen LogP) is 3.85. The zero-order valence-corrected chi connectivity index (χ0v) is 12.8. The van der Waals surface area contributed by atoms with Gasteiger partial charge in [0.25, 0.3) is 0 Å². The first-order valence-corrected chi connectivity index (χ1v) is 7.18. The lowest BCUT2D eigenvalue weighted by atomic mass is 10.1. The minimum atomic E-state index is -4.45. The normalized spacial score (nSPS) is 11.0. The van der Waals surface area contributed by atoms with Gasteiger partial charge in [-0.05, 0) is 42.3 Å². The Kier molecular flexibility index (Phi) is 5.23. The van der Waals surface area contributed by atoms with Crippen LogP contribution in [0, 0.1) is 0 Å². The van der Waals surface area contributed by atoms with Gasteiger partial charge in [0.05, 0.1) is 5.56 Å². The van der Waals surface area contributed by atoms with Gasteiger partial charge in [0, 0.05) is 11.4 Å². The third kappa shape index (κ3) is 4.34. The number of para-hydroxylation sites is 1. The molecule has 0 spiro atoms. The van der Waals surface area contributed by atoms with Gasteiger partial charge in [-0.25, -0.2) is 0 Å². The first-order valence-electron chi connectivity index (χ1n) is 7.18. The molecule has 126 valence electrons. The Bertz CT molecular complexity index is 740. The number of aryl methyl sites for hydroxylation is 1. The lowest BCUT2D eigenvalue weighted by molar-refractivity contribution is -0.137. The molecule has 0 aliphatic heterocycles. The molecular weight excluding hydrogens is 321 g/mol. The van der Waals surface area contributed by atoms with E-state index in [1.54, 1.807) is 12.1 Å². The van der Waals surface area contributed by atoms with E-state index >= 15 is 0 Å². The summed E-state index contributed by atoms with van der Waals surface area (Å²) in [7, 11) is 0. The van der Waals surface area contributed by atoms with Crippen molar-refractivity contribution < 1.29 is 22.8 Å². The summed E-state index contributed by atoms with van der Waals surface area (Å²) >= 11 is 0. The van der Waals surface area contributed by atoms with Crippen LogP contribution >= 0.6 is 0 Å². The zero-order valence-electron chi connectivity index (χ0n) is 12.8. The Hall–Kier alpha value is -2.83. The summed E-state index contributed by atoms with van der Waals surface area (Å²) < 4.78 is 37.4. The second-order valence-electron chi connectivity index (χ2n) is 4.99. The maximum Gasteiger partial charge on any atom is 0.416 e. The Morgan fingerprint density at radius 3 is 2.08 bits per heavy atom. The van der Waals surface area contributed by atoms with Gasteiger partial charge in [-0.15, -0.1) is 0 Å². The number of alkyl halides is 3. The van der Waals surface area contributed by atoms with Crippen molar-refractivity contribution in [1.29, 1.82) is 0 Å². The molecule has 4 nitrogen and oxygen atoms in total. The number of amides is 2. The summed E-state index contributed by atoms with van der Waals surface area (Å²) in [6.07, 6.45) is -3.78. The molecule has 0 aliphatic carbocycles. The molecule has 2 amide bonds. The van der Waals surface area contributed by atoms with Crippen LogP contribution in [0.4, 0.5) is 24.5 Å². The molecule has 0 aliphatic rings. The lowest BCUT2D eigenvalue weighted by Crippen LogP contribution is -2.29. The van der Waals surface area contributed by atoms with Crippen LogP contribution < -0.4 is 10.6 Å². The van der Waals surface area contributed by atoms with Gasteiger partial charge in [0.2, 0.25) is 0 Å². The second-order valence-corrected chi connectivity index (χ2v) is 4.99. The van der Waals surface area contributed by atoms with Gasteiger partial charge in [-0.3, -0.25) is 9.59 Å². The van der Waals surface area contributed by atoms with E-state index < -0.39 is 23.6 Å². The lowest BCUT2D eigenvalue weighted by Gasteiger charge is -2.10. The van der Waals surface area contributed by atoms with Crippen LogP contribution in [0.25, 0.3) is 0 Å². The highest BCUT2D eigenvalue weighted by Gasteiger charge is 2.30. The summed E-state index contributed by atoms with van der Waals surface area (Å²) in [6, 6.07) is 10.9. The fraction of sp³-hybridized carbons (Fsp3) is 0.176. The number of carbonyl (C=O) groups excluding carboxylic acids is 2. The molecule has 0 bridgehead atoms. The SMILES string of the molecule is CCc1ccccc1NC(=O)C(=O)Nc1ccc(C(F)(F)F)cc1. The zero-order chi connectivity index (χ0) is 17.7. The van der Waals surface area contributed by atoms with Crippen LogP contribution in [0.1, 0.15) is 18.1 Å². The van der Waals surface area contributed by atoms with Gasteiger partial charge < -0.3 is 10.6 Å². The van der Waals surface area contributed by atoms with Crippen molar-refractivity contribution >= 4 is 23.2 Å². The number of benzene rings is 2. The monoisotopic (exact) mass is 336 g/mol. The van der Waals surface area contributed by atoms with Crippen LogP contribution in [-0.4, -0.2) is 11.8 Å². The molecule has 2 aromatic rings. The number of halogens is 3. The van der Waals surface area contributed by atoms with Crippen LogP contribution in [-0.2, 0) is 22.2 Å². The fourth-order valence-corrected chi connectivity index (χ4v) is 2.06. The molecule has 0 unspecified atom stereocenters. The molecule has 2 aromatic carbocycles. The predicted molar refractivity (Wildman–Crippen MR) is 84.5 cm³/mol. The van der Waals surface area contributed by atoms with Crippen LogP contribution in [0.3, 0.4) is 0 Å².